The molecule has 1 aromatic heterocycles. The molecule has 0 saturated heterocycles. The van der Waals surface area contributed by atoms with Gasteiger partial charge >= 0.3 is 11.8 Å². The number of alkyl halides is 3. The fourth-order valence-electron chi connectivity index (χ4n) is 3.89. The fourth-order valence-corrected chi connectivity index (χ4v) is 4.92. The van der Waals surface area contributed by atoms with Gasteiger partial charge in [0.15, 0.2) is 0 Å². The number of hydrogen-bond acceptors (Lipinski definition) is 5. The molecule has 0 amide bonds. The maximum atomic E-state index is 13.4. The van der Waals surface area contributed by atoms with E-state index in [1.54, 1.807) is 31.4 Å². The zero-order valence-corrected chi connectivity index (χ0v) is 19.9. The number of nitrogens with one attached hydrogen (secondary N) is 1. The minimum atomic E-state index is -4.71. The Labute approximate surface area is 205 Å². The van der Waals surface area contributed by atoms with Crippen LogP contribution in [0.4, 0.5) is 13.2 Å². The third-order valence-electron chi connectivity index (χ3n) is 5.63. The second-order valence-electron chi connectivity index (χ2n) is 8.09. The maximum Gasteiger partial charge on any atom is 0.417 e. The highest BCUT2D eigenvalue weighted by atomic mass is 32.2. The molecule has 4 rings (SSSR count). The van der Waals surface area contributed by atoms with Crippen molar-refractivity contribution in [3.8, 4) is 5.75 Å². The van der Waals surface area contributed by atoms with Crippen molar-refractivity contribution in [3.05, 3.63) is 105 Å². The summed E-state index contributed by atoms with van der Waals surface area (Å²) >= 11 is 0. The van der Waals surface area contributed by atoms with E-state index in [0.717, 1.165) is 5.56 Å². The van der Waals surface area contributed by atoms with Gasteiger partial charge in [-0.05, 0) is 59.9 Å². The van der Waals surface area contributed by atoms with Crippen LogP contribution in [0.5, 0.6) is 5.75 Å². The second kappa shape index (κ2) is 10.2. The van der Waals surface area contributed by atoms with E-state index < -0.39 is 27.4 Å². The first-order valence-electron chi connectivity index (χ1n) is 10.9. The van der Waals surface area contributed by atoms with Crippen LogP contribution in [0.2, 0.25) is 0 Å². The molecule has 0 radical (unpaired) electrons. The van der Waals surface area contributed by atoms with Gasteiger partial charge in [0.1, 0.15) is 11.3 Å². The molecular formula is C26H22F3NO5S. The first-order valence-corrected chi connectivity index (χ1v) is 12.4. The molecule has 36 heavy (non-hydrogen) atoms. The Morgan fingerprint density at radius 1 is 0.944 bits per heavy atom. The van der Waals surface area contributed by atoms with Gasteiger partial charge in [0.05, 0.1) is 17.6 Å². The van der Waals surface area contributed by atoms with E-state index in [0.29, 0.717) is 29.4 Å². The number of sulfonamides is 1. The third kappa shape index (κ3) is 5.77. The summed E-state index contributed by atoms with van der Waals surface area (Å²) in [4.78, 5) is 11.6. The Balaban J connectivity index is 1.47. The van der Waals surface area contributed by atoms with Crippen molar-refractivity contribution >= 4 is 21.0 Å². The number of methoxy groups -OCH3 is 1. The normalized spacial score (nSPS) is 12.1. The monoisotopic (exact) mass is 517 g/mol. The lowest BCUT2D eigenvalue weighted by Gasteiger charge is -2.11. The van der Waals surface area contributed by atoms with Crippen LogP contribution in [0.3, 0.4) is 0 Å². The van der Waals surface area contributed by atoms with Crippen LogP contribution < -0.4 is 15.1 Å². The largest absolute Gasteiger partial charge is 0.496 e. The SMILES string of the molecule is COc1ccccc1CCNS(=O)(=O)c1ccc(Cc2ccc3oc(=O)cc(C(F)(F)F)c3c2)cc1. The summed E-state index contributed by atoms with van der Waals surface area (Å²) in [5.74, 6) is 0.680. The minimum absolute atomic E-state index is 0.0749. The number of halogens is 3. The molecule has 0 spiro atoms. The Morgan fingerprint density at radius 2 is 1.64 bits per heavy atom. The van der Waals surface area contributed by atoms with Crippen LogP contribution in [-0.2, 0) is 29.0 Å². The molecule has 0 fully saturated rings. The second-order valence-corrected chi connectivity index (χ2v) is 9.85. The zero-order chi connectivity index (χ0) is 25.9. The van der Waals surface area contributed by atoms with Gasteiger partial charge in [-0.15, -0.1) is 0 Å². The molecule has 0 unspecified atom stereocenters. The van der Waals surface area contributed by atoms with Gasteiger partial charge in [-0.3, -0.25) is 0 Å². The Bertz CT molecular complexity index is 1540. The van der Waals surface area contributed by atoms with Gasteiger partial charge < -0.3 is 9.15 Å². The zero-order valence-electron chi connectivity index (χ0n) is 19.1. The van der Waals surface area contributed by atoms with E-state index in [1.165, 1.54) is 24.3 Å². The number of hydrogen-bond donors (Lipinski definition) is 1. The van der Waals surface area contributed by atoms with Crippen LogP contribution in [0, 0.1) is 0 Å². The highest BCUT2D eigenvalue weighted by molar-refractivity contribution is 7.89. The van der Waals surface area contributed by atoms with E-state index in [1.807, 2.05) is 18.2 Å². The highest BCUT2D eigenvalue weighted by Gasteiger charge is 2.33. The maximum absolute atomic E-state index is 13.4. The third-order valence-corrected chi connectivity index (χ3v) is 7.11. The molecule has 0 saturated carbocycles. The van der Waals surface area contributed by atoms with E-state index in [4.69, 9.17) is 9.15 Å². The van der Waals surface area contributed by atoms with E-state index in [-0.39, 0.29) is 28.8 Å². The van der Waals surface area contributed by atoms with Crippen molar-refractivity contribution < 1.29 is 30.7 Å². The van der Waals surface area contributed by atoms with Crippen LogP contribution in [0.25, 0.3) is 11.0 Å². The van der Waals surface area contributed by atoms with Crippen LogP contribution in [0.1, 0.15) is 22.3 Å². The van der Waals surface area contributed by atoms with Gasteiger partial charge in [0.2, 0.25) is 10.0 Å². The van der Waals surface area contributed by atoms with Crippen LogP contribution in [0.15, 0.2) is 86.9 Å². The summed E-state index contributed by atoms with van der Waals surface area (Å²) in [5.41, 5.74) is -0.159. The fraction of sp³-hybridized carbons (Fsp3) is 0.192. The number of benzene rings is 3. The Kier molecular flexibility index (Phi) is 7.18. The van der Waals surface area contributed by atoms with E-state index in [2.05, 4.69) is 4.72 Å². The topological polar surface area (TPSA) is 85.6 Å². The molecule has 0 aliphatic rings. The Morgan fingerprint density at radius 3 is 2.33 bits per heavy atom. The molecule has 0 aliphatic heterocycles. The van der Waals surface area contributed by atoms with Crippen molar-refractivity contribution in [1.82, 2.24) is 4.72 Å². The van der Waals surface area contributed by atoms with Gasteiger partial charge in [0, 0.05) is 18.0 Å². The summed E-state index contributed by atoms with van der Waals surface area (Å²) < 4.78 is 78.2. The molecule has 6 nitrogen and oxygen atoms in total. The molecule has 0 bridgehead atoms. The molecular weight excluding hydrogens is 495 g/mol. The lowest BCUT2D eigenvalue weighted by Crippen LogP contribution is -2.26. The van der Waals surface area contributed by atoms with Gasteiger partial charge in [-0.1, -0.05) is 36.4 Å². The summed E-state index contributed by atoms with van der Waals surface area (Å²) in [5, 5.41) is -0.210. The van der Waals surface area contributed by atoms with Gasteiger partial charge in [-0.2, -0.15) is 13.2 Å². The predicted octanol–water partition coefficient (Wildman–Crippen LogP) is 4.93. The lowest BCUT2D eigenvalue weighted by molar-refractivity contribution is -0.136. The molecule has 188 valence electrons. The highest BCUT2D eigenvalue weighted by Crippen LogP contribution is 2.34. The average Bonchev–Trinajstić information content (AvgIpc) is 2.83. The van der Waals surface area contributed by atoms with Gasteiger partial charge in [0.25, 0.3) is 0 Å². The molecule has 4 aromatic rings. The van der Waals surface area contributed by atoms with Crippen LogP contribution >= 0.6 is 0 Å². The van der Waals surface area contributed by atoms with E-state index in [9.17, 15) is 26.4 Å². The van der Waals surface area contributed by atoms with E-state index >= 15 is 0 Å². The summed E-state index contributed by atoms with van der Waals surface area (Å²) in [6, 6.07) is 18.1. The quantitative estimate of drug-likeness (QED) is 0.335. The summed E-state index contributed by atoms with van der Waals surface area (Å²) in [7, 11) is -2.20. The number of fused-ring (bicyclic) bond motifs is 1. The Hall–Kier alpha value is -3.63. The molecule has 0 aliphatic carbocycles. The predicted molar refractivity (Wildman–Crippen MR) is 129 cm³/mol. The van der Waals surface area contributed by atoms with Crippen molar-refractivity contribution in [2.45, 2.75) is 23.9 Å². The summed E-state index contributed by atoms with van der Waals surface area (Å²) in [6.45, 7) is 0.180. The standard InChI is InChI=1S/C26H22F3NO5S/c1-34-23-5-3-2-4-19(23)12-13-30-36(32,33)20-9-6-17(7-10-20)14-18-8-11-24-21(15-18)22(26(27,28)29)16-25(31)35-24/h2-11,15-16,30H,12-14H2,1H3. The molecule has 3 aromatic carbocycles. The molecule has 1 heterocycles. The van der Waals surface area contributed by atoms with Crippen molar-refractivity contribution in [2.75, 3.05) is 13.7 Å². The molecule has 1 N–H and O–H groups in total. The number of rotatable bonds is 8. The first-order chi connectivity index (χ1) is 17.1. The first kappa shape index (κ1) is 25.5. The summed E-state index contributed by atoms with van der Waals surface area (Å²) in [6.07, 6.45) is -4.00. The average molecular weight is 518 g/mol. The van der Waals surface area contributed by atoms with Crippen molar-refractivity contribution in [2.24, 2.45) is 0 Å². The number of ether oxygens (including phenoxy) is 1. The lowest BCUT2D eigenvalue weighted by atomic mass is 10.0. The smallest absolute Gasteiger partial charge is 0.417 e. The van der Waals surface area contributed by atoms with Gasteiger partial charge in [-0.25, -0.2) is 17.9 Å². The van der Waals surface area contributed by atoms with Crippen molar-refractivity contribution in [3.63, 3.8) is 0 Å². The number of para-hydroxylation sites is 1. The van der Waals surface area contributed by atoms with Crippen LogP contribution in [-0.4, -0.2) is 22.1 Å². The van der Waals surface area contributed by atoms with Crippen molar-refractivity contribution in [1.29, 1.82) is 0 Å². The molecule has 0 atom stereocenters. The molecule has 10 heteroatoms. The minimum Gasteiger partial charge on any atom is -0.496 e.